The van der Waals surface area contributed by atoms with Crippen LogP contribution in [0.4, 0.5) is 0 Å². The minimum Gasteiger partial charge on any atom is -0.264 e. The molecule has 0 saturated carbocycles. The summed E-state index contributed by atoms with van der Waals surface area (Å²) in [5.41, 5.74) is 4.38. The van der Waals surface area contributed by atoms with Crippen LogP contribution in [-0.2, 0) is 0 Å². The Labute approximate surface area is 139 Å². The molecule has 4 rings (SSSR count). The summed E-state index contributed by atoms with van der Waals surface area (Å²) in [5.74, 6) is 0.613. The second kappa shape index (κ2) is 6.38. The van der Waals surface area contributed by atoms with Crippen molar-refractivity contribution in [1.82, 2.24) is 20.2 Å². The summed E-state index contributed by atoms with van der Waals surface area (Å²) in [6.45, 7) is 0. The molecule has 0 aliphatic carbocycles. The van der Waals surface area contributed by atoms with Crippen LogP contribution in [0.2, 0.25) is 0 Å². The Hall–Kier alpha value is -3.40. The van der Waals surface area contributed by atoms with E-state index in [1.807, 2.05) is 72.8 Å². The molecule has 2 aromatic carbocycles. The molecule has 0 saturated heterocycles. The van der Waals surface area contributed by atoms with Crippen LogP contribution in [0.15, 0.2) is 85.2 Å². The van der Waals surface area contributed by atoms with Crippen LogP contribution in [0.3, 0.4) is 0 Å². The lowest BCUT2D eigenvalue weighted by Crippen LogP contribution is -2.00. The van der Waals surface area contributed by atoms with Gasteiger partial charge in [-0.05, 0) is 12.1 Å². The molecule has 0 aliphatic heterocycles. The van der Waals surface area contributed by atoms with E-state index in [9.17, 15) is 0 Å². The fourth-order valence-electron chi connectivity index (χ4n) is 2.53. The molecule has 114 valence electrons. The van der Waals surface area contributed by atoms with Crippen molar-refractivity contribution >= 4 is 0 Å². The molecule has 0 aliphatic rings. The third-order valence-electron chi connectivity index (χ3n) is 3.70. The fraction of sp³-hybridized carbons (Fsp3) is 0. The zero-order valence-corrected chi connectivity index (χ0v) is 12.9. The lowest BCUT2D eigenvalue weighted by molar-refractivity contribution is 0.990. The Morgan fingerprint density at radius 3 is 1.88 bits per heavy atom. The molecular weight excluding hydrogens is 296 g/mol. The fourth-order valence-corrected chi connectivity index (χ4v) is 2.53. The highest BCUT2D eigenvalue weighted by Gasteiger charge is 2.14. The third-order valence-corrected chi connectivity index (χ3v) is 3.70. The normalized spacial score (nSPS) is 10.5. The van der Waals surface area contributed by atoms with Gasteiger partial charge in [0.05, 0.1) is 0 Å². The standard InChI is InChI=1S/C20H14N4/c1-3-8-15(9-4-1)18-19(17-12-7-13-21-14-17)23-24-20(22-18)16-10-5-2-6-11-16/h1-14H. The third kappa shape index (κ3) is 2.77. The first-order chi connectivity index (χ1) is 11.9. The van der Waals surface area contributed by atoms with E-state index in [0.717, 1.165) is 28.1 Å². The smallest absolute Gasteiger partial charge is 0.182 e. The minimum absolute atomic E-state index is 0.613. The van der Waals surface area contributed by atoms with Crippen molar-refractivity contribution in [1.29, 1.82) is 0 Å². The van der Waals surface area contributed by atoms with Crippen LogP contribution in [0.1, 0.15) is 0 Å². The number of pyridine rings is 1. The zero-order valence-electron chi connectivity index (χ0n) is 12.9. The SMILES string of the molecule is c1ccc(-c2nnc(-c3cccnc3)c(-c3ccccc3)n2)cc1. The van der Waals surface area contributed by atoms with Gasteiger partial charge in [-0.3, -0.25) is 4.98 Å². The second-order valence-electron chi connectivity index (χ2n) is 5.31. The lowest BCUT2D eigenvalue weighted by atomic mass is 10.1. The first kappa shape index (κ1) is 14.2. The van der Waals surface area contributed by atoms with E-state index < -0.39 is 0 Å². The first-order valence-corrected chi connectivity index (χ1v) is 7.68. The van der Waals surface area contributed by atoms with Gasteiger partial charge in [-0.15, -0.1) is 10.2 Å². The molecule has 2 heterocycles. The number of rotatable bonds is 3. The van der Waals surface area contributed by atoms with E-state index in [1.165, 1.54) is 0 Å². The second-order valence-corrected chi connectivity index (χ2v) is 5.31. The molecule has 4 nitrogen and oxygen atoms in total. The number of hydrogen-bond donors (Lipinski definition) is 0. The van der Waals surface area contributed by atoms with Gasteiger partial charge in [0, 0.05) is 29.1 Å². The van der Waals surface area contributed by atoms with Crippen molar-refractivity contribution in [2.24, 2.45) is 0 Å². The maximum atomic E-state index is 4.79. The van der Waals surface area contributed by atoms with Gasteiger partial charge in [-0.1, -0.05) is 60.7 Å². The van der Waals surface area contributed by atoms with Gasteiger partial charge >= 0.3 is 0 Å². The molecule has 4 aromatic rings. The van der Waals surface area contributed by atoms with Crippen molar-refractivity contribution in [3.8, 4) is 33.9 Å². The topological polar surface area (TPSA) is 51.6 Å². The summed E-state index contributed by atoms with van der Waals surface area (Å²) in [5, 5.41) is 8.77. The summed E-state index contributed by atoms with van der Waals surface area (Å²) < 4.78 is 0. The van der Waals surface area contributed by atoms with Crippen molar-refractivity contribution < 1.29 is 0 Å². The van der Waals surface area contributed by atoms with E-state index in [4.69, 9.17) is 4.98 Å². The van der Waals surface area contributed by atoms with Crippen LogP contribution >= 0.6 is 0 Å². The molecule has 0 fully saturated rings. The number of nitrogens with zero attached hydrogens (tertiary/aromatic N) is 4. The zero-order chi connectivity index (χ0) is 16.2. The summed E-state index contributed by atoms with van der Waals surface area (Å²) in [7, 11) is 0. The van der Waals surface area contributed by atoms with E-state index >= 15 is 0 Å². The highest BCUT2D eigenvalue weighted by molar-refractivity contribution is 5.78. The van der Waals surface area contributed by atoms with Crippen LogP contribution in [0.5, 0.6) is 0 Å². The molecule has 0 amide bonds. The van der Waals surface area contributed by atoms with E-state index in [-0.39, 0.29) is 0 Å². The molecule has 0 N–H and O–H groups in total. The monoisotopic (exact) mass is 310 g/mol. The minimum atomic E-state index is 0.613. The molecule has 2 aromatic heterocycles. The largest absolute Gasteiger partial charge is 0.264 e. The molecule has 0 radical (unpaired) electrons. The first-order valence-electron chi connectivity index (χ1n) is 7.68. The lowest BCUT2D eigenvalue weighted by Gasteiger charge is -2.09. The van der Waals surface area contributed by atoms with Gasteiger partial charge in [0.25, 0.3) is 0 Å². The average molecular weight is 310 g/mol. The molecular formula is C20H14N4. The quantitative estimate of drug-likeness (QED) is 0.567. The molecule has 0 spiro atoms. The number of aromatic nitrogens is 4. The maximum Gasteiger partial charge on any atom is 0.182 e. The average Bonchev–Trinajstić information content (AvgIpc) is 2.69. The summed E-state index contributed by atoms with van der Waals surface area (Å²) in [4.78, 5) is 8.97. The van der Waals surface area contributed by atoms with Crippen LogP contribution in [-0.4, -0.2) is 20.2 Å². The van der Waals surface area contributed by atoms with Gasteiger partial charge in [0.15, 0.2) is 5.82 Å². The van der Waals surface area contributed by atoms with Gasteiger partial charge in [0.1, 0.15) is 11.4 Å². The molecule has 0 bridgehead atoms. The van der Waals surface area contributed by atoms with E-state index in [2.05, 4.69) is 15.2 Å². The molecule has 0 unspecified atom stereocenters. The van der Waals surface area contributed by atoms with Gasteiger partial charge < -0.3 is 0 Å². The summed E-state index contributed by atoms with van der Waals surface area (Å²) in [6.07, 6.45) is 3.52. The predicted octanol–water partition coefficient (Wildman–Crippen LogP) is 4.27. The maximum absolute atomic E-state index is 4.79. The van der Waals surface area contributed by atoms with Crippen LogP contribution in [0, 0.1) is 0 Å². The Morgan fingerprint density at radius 2 is 1.21 bits per heavy atom. The Kier molecular flexibility index (Phi) is 3.78. The van der Waals surface area contributed by atoms with Gasteiger partial charge in [0.2, 0.25) is 0 Å². The van der Waals surface area contributed by atoms with E-state index in [0.29, 0.717) is 5.82 Å². The van der Waals surface area contributed by atoms with Crippen LogP contribution in [0.25, 0.3) is 33.9 Å². The molecule has 24 heavy (non-hydrogen) atoms. The summed E-state index contributed by atoms with van der Waals surface area (Å²) in [6, 6.07) is 23.7. The number of hydrogen-bond acceptors (Lipinski definition) is 4. The van der Waals surface area contributed by atoms with Gasteiger partial charge in [-0.25, -0.2) is 4.98 Å². The van der Waals surface area contributed by atoms with Gasteiger partial charge in [-0.2, -0.15) is 0 Å². The molecule has 4 heteroatoms. The molecule has 0 atom stereocenters. The van der Waals surface area contributed by atoms with Crippen LogP contribution < -0.4 is 0 Å². The number of benzene rings is 2. The van der Waals surface area contributed by atoms with Crippen molar-refractivity contribution in [2.45, 2.75) is 0 Å². The Balaban J connectivity index is 1.92. The Morgan fingerprint density at radius 1 is 0.542 bits per heavy atom. The van der Waals surface area contributed by atoms with Crippen molar-refractivity contribution in [3.63, 3.8) is 0 Å². The van der Waals surface area contributed by atoms with Crippen molar-refractivity contribution in [2.75, 3.05) is 0 Å². The van der Waals surface area contributed by atoms with E-state index in [1.54, 1.807) is 12.4 Å². The van der Waals surface area contributed by atoms with Crippen molar-refractivity contribution in [3.05, 3.63) is 85.2 Å². The highest BCUT2D eigenvalue weighted by Crippen LogP contribution is 2.29. The highest BCUT2D eigenvalue weighted by atomic mass is 15.2. The Bertz CT molecular complexity index is 939. The summed E-state index contributed by atoms with van der Waals surface area (Å²) >= 11 is 0. The predicted molar refractivity (Wildman–Crippen MR) is 93.9 cm³/mol.